The highest BCUT2D eigenvalue weighted by molar-refractivity contribution is 6.03. The molecular weight excluding hydrogens is 375 g/mol. The molecule has 1 aliphatic rings. The number of benzene rings is 1. The van der Waals surface area contributed by atoms with Crippen LogP contribution in [0.25, 0.3) is 0 Å². The minimum Gasteiger partial charge on any atom is -0.468 e. The summed E-state index contributed by atoms with van der Waals surface area (Å²) in [7, 11) is 0. The van der Waals surface area contributed by atoms with Crippen LogP contribution in [0.1, 0.15) is 12.0 Å². The summed E-state index contributed by atoms with van der Waals surface area (Å²) in [4.78, 5) is 30.0. The van der Waals surface area contributed by atoms with Crippen molar-refractivity contribution in [2.75, 3.05) is 23.4 Å². The number of aromatic nitrogens is 1. The molecule has 3 rings (SSSR count). The van der Waals surface area contributed by atoms with Gasteiger partial charge in [0.15, 0.2) is 6.61 Å². The summed E-state index contributed by atoms with van der Waals surface area (Å²) in [5.41, 5.74) is 2.11. The van der Waals surface area contributed by atoms with Crippen molar-refractivity contribution < 1.29 is 27.5 Å². The first-order valence-electron chi connectivity index (χ1n) is 8.55. The van der Waals surface area contributed by atoms with Crippen LogP contribution in [0, 0.1) is 12.8 Å². The van der Waals surface area contributed by atoms with Crippen LogP contribution in [0.5, 0.6) is 5.88 Å². The standard InChI is InChI=1S/C19H18F3N3O3/c1-12-2-5-15(6-3-12)25-10-13(8-17(25)26)18(27)24-14-4-7-16(23-9-14)28-11-19(20,21)22/h2-7,9,13H,8,10-11H2,1H3,(H,24,27). The van der Waals surface area contributed by atoms with Crippen LogP contribution in [-0.2, 0) is 9.59 Å². The Morgan fingerprint density at radius 1 is 1.25 bits per heavy atom. The molecule has 0 saturated carbocycles. The topological polar surface area (TPSA) is 71.5 Å². The van der Waals surface area contributed by atoms with Crippen molar-refractivity contribution in [3.8, 4) is 5.88 Å². The molecule has 1 aliphatic heterocycles. The maximum atomic E-state index is 12.4. The Morgan fingerprint density at radius 3 is 2.57 bits per heavy atom. The van der Waals surface area contributed by atoms with Gasteiger partial charge in [0.25, 0.3) is 0 Å². The molecule has 1 fully saturated rings. The van der Waals surface area contributed by atoms with Crippen LogP contribution in [-0.4, -0.2) is 36.1 Å². The number of anilines is 2. The smallest absolute Gasteiger partial charge is 0.422 e. The first-order chi connectivity index (χ1) is 13.2. The van der Waals surface area contributed by atoms with Crippen LogP contribution >= 0.6 is 0 Å². The molecule has 0 spiro atoms. The van der Waals surface area contributed by atoms with E-state index in [9.17, 15) is 22.8 Å². The lowest BCUT2D eigenvalue weighted by atomic mass is 10.1. The van der Waals surface area contributed by atoms with E-state index in [4.69, 9.17) is 0 Å². The van der Waals surface area contributed by atoms with E-state index in [1.165, 1.54) is 18.3 Å². The SMILES string of the molecule is Cc1ccc(N2CC(C(=O)Nc3ccc(OCC(F)(F)F)nc3)CC2=O)cc1. The van der Waals surface area contributed by atoms with E-state index in [2.05, 4.69) is 15.0 Å². The molecule has 2 heterocycles. The zero-order valence-corrected chi connectivity index (χ0v) is 15.0. The van der Waals surface area contributed by atoms with Gasteiger partial charge in [0.1, 0.15) is 0 Å². The molecule has 1 aromatic carbocycles. The molecule has 1 unspecified atom stereocenters. The number of carbonyl (C=O) groups is 2. The van der Waals surface area contributed by atoms with E-state index >= 15 is 0 Å². The van der Waals surface area contributed by atoms with Gasteiger partial charge >= 0.3 is 6.18 Å². The minimum absolute atomic E-state index is 0.0832. The zero-order chi connectivity index (χ0) is 20.3. The third kappa shape index (κ3) is 4.99. The summed E-state index contributed by atoms with van der Waals surface area (Å²) in [6, 6.07) is 10.1. The fraction of sp³-hybridized carbons (Fsp3) is 0.316. The van der Waals surface area contributed by atoms with Crippen LogP contribution in [0.4, 0.5) is 24.5 Å². The van der Waals surface area contributed by atoms with E-state index in [-0.39, 0.29) is 30.7 Å². The molecule has 1 atom stereocenters. The van der Waals surface area contributed by atoms with Crippen molar-refractivity contribution in [3.05, 3.63) is 48.2 Å². The van der Waals surface area contributed by atoms with E-state index < -0.39 is 18.7 Å². The predicted molar refractivity (Wildman–Crippen MR) is 96.1 cm³/mol. The molecule has 148 valence electrons. The summed E-state index contributed by atoms with van der Waals surface area (Å²) in [6.45, 7) is 0.762. The Bertz CT molecular complexity index is 851. The van der Waals surface area contributed by atoms with Gasteiger partial charge in [-0.25, -0.2) is 4.98 Å². The fourth-order valence-electron chi connectivity index (χ4n) is 2.80. The summed E-state index contributed by atoms with van der Waals surface area (Å²) < 4.78 is 40.9. The van der Waals surface area contributed by atoms with Crippen molar-refractivity contribution in [2.45, 2.75) is 19.5 Å². The van der Waals surface area contributed by atoms with Crippen LogP contribution in [0.3, 0.4) is 0 Å². The fourth-order valence-corrected chi connectivity index (χ4v) is 2.80. The van der Waals surface area contributed by atoms with Gasteiger partial charge in [0, 0.05) is 24.7 Å². The number of hydrogen-bond donors (Lipinski definition) is 1. The second kappa shape index (κ2) is 7.87. The van der Waals surface area contributed by atoms with Crippen molar-refractivity contribution in [1.29, 1.82) is 0 Å². The predicted octanol–water partition coefficient (Wildman–Crippen LogP) is 3.32. The Labute approximate surface area is 159 Å². The Hall–Kier alpha value is -3.10. The molecular formula is C19H18F3N3O3. The number of aryl methyl sites for hydroxylation is 1. The van der Waals surface area contributed by atoms with Gasteiger partial charge < -0.3 is 15.0 Å². The maximum absolute atomic E-state index is 12.4. The number of ether oxygens (including phenoxy) is 1. The van der Waals surface area contributed by atoms with E-state index in [0.29, 0.717) is 5.69 Å². The van der Waals surface area contributed by atoms with Crippen molar-refractivity contribution in [1.82, 2.24) is 4.98 Å². The highest BCUT2D eigenvalue weighted by atomic mass is 19.4. The maximum Gasteiger partial charge on any atom is 0.422 e. The molecule has 1 aromatic heterocycles. The monoisotopic (exact) mass is 393 g/mol. The summed E-state index contributed by atoms with van der Waals surface area (Å²) >= 11 is 0. The molecule has 9 heteroatoms. The largest absolute Gasteiger partial charge is 0.468 e. The summed E-state index contributed by atoms with van der Waals surface area (Å²) in [6.07, 6.45) is -3.16. The first-order valence-corrected chi connectivity index (χ1v) is 8.55. The second-order valence-electron chi connectivity index (χ2n) is 6.52. The van der Waals surface area contributed by atoms with Gasteiger partial charge in [-0.2, -0.15) is 13.2 Å². The molecule has 1 saturated heterocycles. The quantitative estimate of drug-likeness (QED) is 0.846. The normalized spacial score (nSPS) is 16.9. The average molecular weight is 393 g/mol. The number of nitrogens with one attached hydrogen (secondary N) is 1. The van der Waals surface area contributed by atoms with Crippen molar-refractivity contribution >= 4 is 23.2 Å². The first kappa shape index (κ1) is 19.7. The number of pyridine rings is 1. The Kier molecular flexibility index (Phi) is 5.53. The molecule has 1 N–H and O–H groups in total. The zero-order valence-electron chi connectivity index (χ0n) is 15.0. The van der Waals surface area contributed by atoms with Gasteiger partial charge in [0.05, 0.1) is 17.8 Å². The molecule has 2 aromatic rings. The Balaban J connectivity index is 1.57. The van der Waals surface area contributed by atoms with E-state index in [0.717, 1.165) is 11.3 Å². The molecule has 0 radical (unpaired) electrons. The van der Waals surface area contributed by atoms with Crippen LogP contribution in [0.15, 0.2) is 42.6 Å². The molecule has 0 aliphatic carbocycles. The number of nitrogens with zero attached hydrogens (tertiary/aromatic N) is 2. The highest BCUT2D eigenvalue weighted by Crippen LogP contribution is 2.26. The number of alkyl halides is 3. The number of rotatable bonds is 5. The van der Waals surface area contributed by atoms with Gasteiger partial charge in [-0.1, -0.05) is 17.7 Å². The lowest BCUT2D eigenvalue weighted by Gasteiger charge is -2.17. The average Bonchev–Trinajstić information content (AvgIpc) is 3.03. The van der Waals surface area contributed by atoms with E-state index in [1.807, 2.05) is 31.2 Å². The highest BCUT2D eigenvalue weighted by Gasteiger charge is 2.35. The van der Waals surface area contributed by atoms with Gasteiger partial charge in [0.2, 0.25) is 17.7 Å². The van der Waals surface area contributed by atoms with E-state index in [1.54, 1.807) is 4.90 Å². The molecule has 0 bridgehead atoms. The number of hydrogen-bond acceptors (Lipinski definition) is 4. The second-order valence-corrected chi connectivity index (χ2v) is 6.52. The summed E-state index contributed by atoms with van der Waals surface area (Å²) in [5.74, 6) is -1.22. The lowest BCUT2D eigenvalue weighted by molar-refractivity contribution is -0.154. The van der Waals surface area contributed by atoms with Crippen LogP contribution < -0.4 is 15.0 Å². The van der Waals surface area contributed by atoms with Gasteiger partial charge in [-0.15, -0.1) is 0 Å². The number of carbonyl (C=O) groups excluding carboxylic acids is 2. The van der Waals surface area contributed by atoms with Crippen molar-refractivity contribution in [3.63, 3.8) is 0 Å². The minimum atomic E-state index is -4.45. The third-order valence-electron chi connectivity index (χ3n) is 4.23. The number of amides is 2. The molecule has 28 heavy (non-hydrogen) atoms. The van der Waals surface area contributed by atoms with Crippen LogP contribution in [0.2, 0.25) is 0 Å². The third-order valence-corrected chi connectivity index (χ3v) is 4.23. The Morgan fingerprint density at radius 2 is 1.96 bits per heavy atom. The summed E-state index contributed by atoms with van der Waals surface area (Å²) in [5, 5.41) is 2.63. The number of halogens is 3. The van der Waals surface area contributed by atoms with Gasteiger partial charge in [-0.3, -0.25) is 9.59 Å². The molecule has 6 nitrogen and oxygen atoms in total. The van der Waals surface area contributed by atoms with Crippen molar-refractivity contribution in [2.24, 2.45) is 5.92 Å². The molecule has 2 amide bonds. The van der Waals surface area contributed by atoms with Gasteiger partial charge in [-0.05, 0) is 25.1 Å². The lowest BCUT2D eigenvalue weighted by Crippen LogP contribution is -2.28.